The van der Waals surface area contributed by atoms with Gasteiger partial charge in [0.1, 0.15) is 10.7 Å². The molecule has 0 amide bonds. The number of nitrogens with zero attached hydrogens (tertiary/aromatic N) is 2. The molecular weight excluding hydrogens is 268 g/mol. The monoisotopic (exact) mass is 290 g/mol. The summed E-state index contributed by atoms with van der Waals surface area (Å²) in [5.74, 6) is 8.09. The largest absolute Gasteiger partial charge is 0.308 e. The fourth-order valence-corrected chi connectivity index (χ4v) is 4.12. The quantitative estimate of drug-likeness (QED) is 0.669. The third kappa shape index (κ3) is 2.52. The standard InChI is InChI=1S/C15H22N4S/c1-9(2)7-8-12-17-14(19-16)13-10-5-3-4-6-11(10)20-15(13)18-12/h9H,3-8,16H2,1-2H3,(H,17,18,19). The number of nitrogen functional groups attached to an aromatic ring is 1. The number of nitrogens with one attached hydrogen (secondary N) is 1. The summed E-state index contributed by atoms with van der Waals surface area (Å²) in [5, 5.41) is 1.17. The van der Waals surface area contributed by atoms with Crippen LogP contribution in [-0.2, 0) is 19.3 Å². The van der Waals surface area contributed by atoms with Crippen molar-refractivity contribution in [2.24, 2.45) is 11.8 Å². The lowest BCUT2D eigenvalue weighted by Crippen LogP contribution is -2.12. The first-order valence-corrected chi connectivity index (χ1v) is 8.28. The van der Waals surface area contributed by atoms with Crippen molar-refractivity contribution in [1.82, 2.24) is 9.97 Å². The minimum absolute atomic E-state index is 0.667. The highest BCUT2D eigenvalue weighted by Gasteiger charge is 2.20. The first-order valence-electron chi connectivity index (χ1n) is 7.46. The molecule has 0 fully saturated rings. The molecule has 1 aliphatic rings. The number of hydrogen-bond acceptors (Lipinski definition) is 5. The molecule has 0 radical (unpaired) electrons. The zero-order valence-corrected chi connectivity index (χ0v) is 13.0. The fraction of sp³-hybridized carbons (Fsp3) is 0.600. The number of rotatable bonds is 4. The predicted octanol–water partition coefficient (Wildman–Crippen LogP) is 3.44. The van der Waals surface area contributed by atoms with Crippen LogP contribution in [0.15, 0.2) is 0 Å². The number of thiophene rings is 1. The molecule has 0 atom stereocenters. The van der Waals surface area contributed by atoms with Gasteiger partial charge < -0.3 is 5.43 Å². The zero-order chi connectivity index (χ0) is 14.1. The van der Waals surface area contributed by atoms with Crippen LogP contribution in [0.4, 0.5) is 5.82 Å². The maximum Gasteiger partial charge on any atom is 0.152 e. The Bertz CT molecular complexity index is 618. The van der Waals surface area contributed by atoms with E-state index in [-0.39, 0.29) is 0 Å². The minimum atomic E-state index is 0.667. The number of hydrazine groups is 1. The van der Waals surface area contributed by atoms with E-state index < -0.39 is 0 Å². The molecule has 20 heavy (non-hydrogen) atoms. The summed E-state index contributed by atoms with van der Waals surface area (Å²) in [5.41, 5.74) is 4.22. The lowest BCUT2D eigenvalue weighted by Gasteiger charge is -2.12. The lowest BCUT2D eigenvalue weighted by molar-refractivity contribution is 0.576. The van der Waals surface area contributed by atoms with Gasteiger partial charge in [0, 0.05) is 11.3 Å². The number of hydrogen-bond donors (Lipinski definition) is 2. The van der Waals surface area contributed by atoms with Crippen molar-refractivity contribution in [2.45, 2.75) is 52.4 Å². The van der Waals surface area contributed by atoms with Gasteiger partial charge in [-0.05, 0) is 43.6 Å². The minimum Gasteiger partial charge on any atom is -0.308 e. The molecule has 0 aromatic carbocycles. The number of fused-ring (bicyclic) bond motifs is 3. The fourth-order valence-electron chi connectivity index (χ4n) is 2.84. The third-order valence-electron chi connectivity index (χ3n) is 3.94. The van der Waals surface area contributed by atoms with Crippen LogP contribution in [0.5, 0.6) is 0 Å². The van der Waals surface area contributed by atoms with Crippen LogP contribution >= 0.6 is 11.3 Å². The van der Waals surface area contributed by atoms with E-state index in [0.717, 1.165) is 35.7 Å². The van der Waals surface area contributed by atoms with Gasteiger partial charge in [-0.25, -0.2) is 15.8 Å². The van der Waals surface area contributed by atoms with Gasteiger partial charge in [0.25, 0.3) is 0 Å². The van der Waals surface area contributed by atoms with E-state index in [1.54, 1.807) is 0 Å². The highest BCUT2D eigenvalue weighted by molar-refractivity contribution is 7.19. The summed E-state index contributed by atoms with van der Waals surface area (Å²) in [6.07, 6.45) is 6.91. The Morgan fingerprint density at radius 2 is 2.05 bits per heavy atom. The van der Waals surface area contributed by atoms with Gasteiger partial charge in [0.05, 0.1) is 5.39 Å². The van der Waals surface area contributed by atoms with Crippen molar-refractivity contribution in [1.29, 1.82) is 0 Å². The summed E-state index contributed by atoms with van der Waals surface area (Å²) in [4.78, 5) is 12.0. The maximum absolute atomic E-state index is 5.70. The van der Waals surface area contributed by atoms with Crippen LogP contribution in [0.1, 0.15) is 49.4 Å². The number of aryl methyl sites for hydroxylation is 3. The van der Waals surface area contributed by atoms with Crippen molar-refractivity contribution < 1.29 is 0 Å². The molecule has 0 spiro atoms. The van der Waals surface area contributed by atoms with E-state index in [1.165, 1.54) is 35.1 Å². The first kappa shape index (κ1) is 13.8. The van der Waals surface area contributed by atoms with Gasteiger partial charge in [-0.2, -0.15) is 0 Å². The average Bonchev–Trinajstić information content (AvgIpc) is 2.82. The molecule has 5 heteroatoms. The Labute approximate surface area is 123 Å². The molecule has 0 bridgehead atoms. The topological polar surface area (TPSA) is 63.8 Å². The van der Waals surface area contributed by atoms with Crippen LogP contribution in [0.3, 0.4) is 0 Å². The van der Waals surface area contributed by atoms with Crippen LogP contribution in [0.2, 0.25) is 0 Å². The summed E-state index contributed by atoms with van der Waals surface area (Å²) < 4.78 is 0. The van der Waals surface area contributed by atoms with Crippen molar-refractivity contribution in [3.05, 3.63) is 16.3 Å². The van der Waals surface area contributed by atoms with E-state index in [0.29, 0.717) is 5.92 Å². The summed E-state index contributed by atoms with van der Waals surface area (Å²) in [6.45, 7) is 4.45. The predicted molar refractivity (Wildman–Crippen MR) is 85.0 cm³/mol. The number of nitrogens with two attached hydrogens (primary N) is 1. The molecular formula is C15H22N4S. The van der Waals surface area contributed by atoms with Gasteiger partial charge in [-0.3, -0.25) is 0 Å². The van der Waals surface area contributed by atoms with Crippen LogP contribution < -0.4 is 11.3 Å². The smallest absolute Gasteiger partial charge is 0.152 e. The lowest BCUT2D eigenvalue weighted by atomic mass is 9.97. The Kier molecular flexibility index (Phi) is 3.89. The van der Waals surface area contributed by atoms with Gasteiger partial charge in [0.2, 0.25) is 0 Å². The molecule has 2 aromatic heterocycles. The molecule has 108 valence electrons. The Morgan fingerprint density at radius 3 is 2.80 bits per heavy atom. The van der Waals surface area contributed by atoms with Crippen molar-refractivity contribution in [3.8, 4) is 0 Å². The van der Waals surface area contributed by atoms with Crippen LogP contribution in [0.25, 0.3) is 10.2 Å². The number of anilines is 1. The second-order valence-electron chi connectivity index (χ2n) is 5.96. The van der Waals surface area contributed by atoms with E-state index in [4.69, 9.17) is 10.8 Å². The van der Waals surface area contributed by atoms with Crippen molar-refractivity contribution >= 4 is 27.4 Å². The SMILES string of the molecule is CC(C)CCc1nc(NN)c2c3c(sc2n1)CCCC3. The number of aromatic nitrogens is 2. The molecule has 0 aliphatic heterocycles. The molecule has 2 aromatic rings. The Hall–Kier alpha value is -1.20. The second-order valence-corrected chi connectivity index (χ2v) is 7.04. The summed E-state index contributed by atoms with van der Waals surface area (Å²) in [6, 6.07) is 0. The van der Waals surface area contributed by atoms with Crippen LogP contribution in [-0.4, -0.2) is 9.97 Å². The summed E-state index contributed by atoms with van der Waals surface area (Å²) >= 11 is 1.83. The van der Waals surface area contributed by atoms with Crippen molar-refractivity contribution in [2.75, 3.05) is 5.43 Å². The zero-order valence-electron chi connectivity index (χ0n) is 12.2. The van der Waals surface area contributed by atoms with Gasteiger partial charge in [-0.1, -0.05) is 13.8 Å². The molecule has 1 aliphatic carbocycles. The highest BCUT2D eigenvalue weighted by atomic mass is 32.1. The molecule has 3 N–H and O–H groups in total. The van der Waals surface area contributed by atoms with Crippen molar-refractivity contribution in [3.63, 3.8) is 0 Å². The third-order valence-corrected chi connectivity index (χ3v) is 5.13. The van der Waals surface area contributed by atoms with E-state index in [2.05, 4.69) is 24.3 Å². The Morgan fingerprint density at radius 1 is 1.25 bits per heavy atom. The first-order chi connectivity index (χ1) is 9.69. The normalized spacial score (nSPS) is 14.8. The van der Waals surface area contributed by atoms with E-state index in [1.807, 2.05) is 11.3 Å². The highest BCUT2D eigenvalue weighted by Crippen LogP contribution is 2.38. The van der Waals surface area contributed by atoms with Crippen LogP contribution in [0, 0.1) is 5.92 Å². The maximum atomic E-state index is 5.70. The molecule has 2 heterocycles. The summed E-state index contributed by atoms with van der Waals surface area (Å²) in [7, 11) is 0. The Balaban J connectivity index is 2.05. The molecule has 4 nitrogen and oxygen atoms in total. The van der Waals surface area contributed by atoms with E-state index >= 15 is 0 Å². The average molecular weight is 290 g/mol. The van der Waals surface area contributed by atoms with Gasteiger partial charge >= 0.3 is 0 Å². The molecule has 0 saturated carbocycles. The van der Waals surface area contributed by atoms with Gasteiger partial charge in [0.15, 0.2) is 5.82 Å². The van der Waals surface area contributed by atoms with Gasteiger partial charge in [-0.15, -0.1) is 11.3 Å². The van der Waals surface area contributed by atoms with E-state index in [9.17, 15) is 0 Å². The molecule has 3 rings (SSSR count). The molecule has 0 saturated heterocycles. The second kappa shape index (κ2) is 5.66. The molecule has 0 unspecified atom stereocenters.